The average Bonchev–Trinajstić information content (AvgIpc) is 2.64. The van der Waals surface area contributed by atoms with E-state index in [2.05, 4.69) is 31.4 Å². The van der Waals surface area contributed by atoms with Crippen molar-refractivity contribution < 1.29 is 9.53 Å². The second kappa shape index (κ2) is 9.62. The summed E-state index contributed by atoms with van der Waals surface area (Å²) in [6.07, 6.45) is 0.876. The van der Waals surface area contributed by atoms with Crippen LogP contribution in [-0.2, 0) is 10.2 Å². The van der Waals surface area contributed by atoms with Crippen LogP contribution < -0.4 is 10.6 Å². The van der Waals surface area contributed by atoms with Crippen molar-refractivity contribution in [1.29, 1.82) is 0 Å². The zero-order chi connectivity index (χ0) is 19.9. The Balaban J connectivity index is 2.03. The van der Waals surface area contributed by atoms with E-state index in [9.17, 15) is 4.79 Å². The van der Waals surface area contributed by atoms with Crippen molar-refractivity contribution in [3.63, 3.8) is 0 Å². The molecule has 2 aromatic carbocycles. The fourth-order valence-corrected chi connectivity index (χ4v) is 2.84. The van der Waals surface area contributed by atoms with E-state index >= 15 is 0 Å². The topological polar surface area (TPSA) is 50.4 Å². The zero-order valence-corrected chi connectivity index (χ0v) is 17.3. The number of ether oxygens (including phenoxy) is 1. The molecule has 0 aliphatic carbocycles. The normalized spacial score (nSPS) is 11.1. The van der Waals surface area contributed by atoms with Gasteiger partial charge in [-0.1, -0.05) is 57.2 Å². The van der Waals surface area contributed by atoms with Gasteiger partial charge in [0.05, 0.1) is 0 Å². The first-order valence-electron chi connectivity index (χ1n) is 9.10. The van der Waals surface area contributed by atoms with E-state index in [4.69, 9.17) is 17.0 Å². The molecule has 0 spiro atoms. The summed E-state index contributed by atoms with van der Waals surface area (Å²) in [5, 5.41) is 6.78. The highest BCUT2D eigenvalue weighted by atomic mass is 32.1. The molecule has 0 saturated carbocycles. The van der Waals surface area contributed by atoms with Crippen LogP contribution in [0.1, 0.15) is 48.7 Å². The highest BCUT2D eigenvalue weighted by molar-refractivity contribution is 7.80. The SMILES string of the molecule is COCCCNC(=S)Nc1cccc(C(=O)c2ccc(C(C)(C)C)cc2)c1. The van der Waals surface area contributed by atoms with Gasteiger partial charge in [-0.15, -0.1) is 0 Å². The molecule has 144 valence electrons. The van der Waals surface area contributed by atoms with Gasteiger partial charge in [-0.2, -0.15) is 0 Å². The van der Waals surface area contributed by atoms with Crippen LogP contribution in [-0.4, -0.2) is 31.2 Å². The molecule has 0 aliphatic heterocycles. The molecule has 0 amide bonds. The molecule has 0 saturated heterocycles. The summed E-state index contributed by atoms with van der Waals surface area (Å²) in [5.74, 6) is -0.00178. The minimum absolute atomic E-state index is 0.00178. The fraction of sp³-hybridized carbons (Fsp3) is 0.364. The summed E-state index contributed by atoms with van der Waals surface area (Å²) < 4.78 is 5.01. The average molecular weight is 385 g/mol. The summed E-state index contributed by atoms with van der Waals surface area (Å²) in [7, 11) is 1.68. The molecule has 0 aliphatic rings. The first kappa shape index (κ1) is 21.1. The van der Waals surface area contributed by atoms with Crippen LogP contribution in [0.15, 0.2) is 48.5 Å². The number of rotatable bonds is 7. The molecule has 0 radical (unpaired) electrons. The van der Waals surface area contributed by atoms with Crippen LogP contribution in [0.2, 0.25) is 0 Å². The van der Waals surface area contributed by atoms with Gasteiger partial charge in [-0.3, -0.25) is 4.79 Å². The van der Waals surface area contributed by atoms with Crippen LogP contribution in [0.5, 0.6) is 0 Å². The lowest BCUT2D eigenvalue weighted by Crippen LogP contribution is -2.29. The number of hydrogen-bond acceptors (Lipinski definition) is 3. The molecule has 0 aromatic heterocycles. The number of ketones is 1. The van der Waals surface area contributed by atoms with Crippen molar-refractivity contribution in [2.45, 2.75) is 32.6 Å². The lowest BCUT2D eigenvalue weighted by Gasteiger charge is -2.19. The Morgan fingerprint density at radius 1 is 1.07 bits per heavy atom. The van der Waals surface area contributed by atoms with Gasteiger partial charge < -0.3 is 15.4 Å². The van der Waals surface area contributed by atoms with Crippen LogP contribution in [0.4, 0.5) is 5.69 Å². The number of anilines is 1. The number of hydrogen-bond donors (Lipinski definition) is 2. The molecule has 2 rings (SSSR count). The van der Waals surface area contributed by atoms with Gasteiger partial charge in [0, 0.05) is 37.1 Å². The highest BCUT2D eigenvalue weighted by Gasteiger charge is 2.15. The number of benzene rings is 2. The third-order valence-corrected chi connectivity index (χ3v) is 4.45. The standard InChI is InChI=1S/C22H28N2O2S/c1-22(2,3)18-11-9-16(10-12-18)20(25)17-7-5-8-19(15-17)24-21(27)23-13-6-14-26-4/h5,7-12,15H,6,13-14H2,1-4H3,(H2,23,24,27). The summed E-state index contributed by atoms with van der Waals surface area (Å²) >= 11 is 5.29. The second-order valence-corrected chi connectivity index (χ2v) is 7.87. The van der Waals surface area contributed by atoms with Crippen LogP contribution in [0, 0.1) is 0 Å². The van der Waals surface area contributed by atoms with Gasteiger partial charge >= 0.3 is 0 Å². The molecule has 5 heteroatoms. The molecule has 0 unspecified atom stereocenters. The van der Waals surface area contributed by atoms with E-state index in [1.807, 2.05) is 48.5 Å². The Kier molecular flexibility index (Phi) is 7.51. The minimum atomic E-state index is -0.00178. The number of carbonyl (C=O) groups is 1. The van der Waals surface area contributed by atoms with E-state index in [0.29, 0.717) is 22.8 Å². The summed E-state index contributed by atoms with van der Waals surface area (Å²) in [5.41, 5.74) is 3.37. The number of thiocarbonyl (C=S) groups is 1. The van der Waals surface area contributed by atoms with E-state index in [1.165, 1.54) is 5.56 Å². The molecular weight excluding hydrogens is 356 g/mol. The van der Waals surface area contributed by atoms with Gasteiger partial charge in [0.25, 0.3) is 0 Å². The van der Waals surface area contributed by atoms with Gasteiger partial charge in [0.2, 0.25) is 0 Å². The summed E-state index contributed by atoms with van der Waals surface area (Å²) in [4.78, 5) is 12.8. The Hall–Kier alpha value is -2.24. The van der Waals surface area contributed by atoms with Crippen LogP contribution in [0.3, 0.4) is 0 Å². The molecule has 0 bridgehead atoms. The molecule has 2 N–H and O–H groups in total. The Bertz CT molecular complexity index is 780. The molecule has 0 atom stereocenters. The third-order valence-electron chi connectivity index (χ3n) is 4.21. The molecule has 2 aromatic rings. The van der Waals surface area contributed by atoms with E-state index in [-0.39, 0.29) is 11.2 Å². The quantitative estimate of drug-likeness (QED) is 0.417. The van der Waals surface area contributed by atoms with Crippen LogP contribution in [0.25, 0.3) is 0 Å². The molecular formula is C22H28N2O2S. The smallest absolute Gasteiger partial charge is 0.193 e. The van der Waals surface area contributed by atoms with Crippen molar-refractivity contribution in [2.24, 2.45) is 0 Å². The first-order valence-corrected chi connectivity index (χ1v) is 9.51. The fourth-order valence-electron chi connectivity index (χ4n) is 2.62. The van der Waals surface area contributed by atoms with Crippen molar-refractivity contribution in [1.82, 2.24) is 5.32 Å². The van der Waals surface area contributed by atoms with E-state index in [0.717, 1.165) is 18.7 Å². The maximum absolute atomic E-state index is 12.8. The predicted molar refractivity (Wildman–Crippen MR) is 116 cm³/mol. The van der Waals surface area contributed by atoms with Crippen molar-refractivity contribution >= 4 is 28.8 Å². The molecule has 4 nitrogen and oxygen atoms in total. The maximum Gasteiger partial charge on any atom is 0.193 e. The van der Waals surface area contributed by atoms with Crippen LogP contribution >= 0.6 is 12.2 Å². The minimum Gasteiger partial charge on any atom is -0.385 e. The molecule has 0 heterocycles. The predicted octanol–water partition coefficient (Wildman–Crippen LogP) is 4.54. The first-order chi connectivity index (χ1) is 12.8. The van der Waals surface area contributed by atoms with Gasteiger partial charge in [0.15, 0.2) is 10.9 Å². The van der Waals surface area contributed by atoms with Gasteiger partial charge in [-0.25, -0.2) is 0 Å². The Morgan fingerprint density at radius 2 is 1.78 bits per heavy atom. The largest absolute Gasteiger partial charge is 0.385 e. The summed E-state index contributed by atoms with van der Waals surface area (Å²) in [6, 6.07) is 15.2. The van der Waals surface area contributed by atoms with Crippen molar-refractivity contribution in [3.8, 4) is 0 Å². The summed E-state index contributed by atoms with van der Waals surface area (Å²) in [6.45, 7) is 7.90. The van der Waals surface area contributed by atoms with Crippen molar-refractivity contribution in [2.75, 3.05) is 25.6 Å². The highest BCUT2D eigenvalue weighted by Crippen LogP contribution is 2.23. The second-order valence-electron chi connectivity index (χ2n) is 7.46. The molecule has 0 fully saturated rings. The monoisotopic (exact) mass is 384 g/mol. The lowest BCUT2D eigenvalue weighted by atomic mass is 9.86. The van der Waals surface area contributed by atoms with E-state index in [1.54, 1.807) is 7.11 Å². The third kappa shape index (κ3) is 6.45. The number of carbonyl (C=O) groups excluding carboxylic acids is 1. The lowest BCUT2D eigenvalue weighted by molar-refractivity contribution is 0.103. The number of methoxy groups -OCH3 is 1. The molecule has 27 heavy (non-hydrogen) atoms. The number of nitrogens with one attached hydrogen (secondary N) is 2. The van der Waals surface area contributed by atoms with Gasteiger partial charge in [0.1, 0.15) is 0 Å². The van der Waals surface area contributed by atoms with Crippen molar-refractivity contribution in [3.05, 3.63) is 65.2 Å². The maximum atomic E-state index is 12.8. The Morgan fingerprint density at radius 3 is 2.41 bits per heavy atom. The van der Waals surface area contributed by atoms with E-state index < -0.39 is 0 Å². The zero-order valence-electron chi connectivity index (χ0n) is 16.5. The van der Waals surface area contributed by atoms with Gasteiger partial charge in [-0.05, 0) is 41.7 Å². The Labute approximate surface area is 167 Å².